The molecule has 5 heteroatoms. The number of pyridine rings is 1. The molecule has 1 unspecified atom stereocenters. The summed E-state index contributed by atoms with van der Waals surface area (Å²) in [6.45, 7) is 5.72. The summed E-state index contributed by atoms with van der Waals surface area (Å²) in [7, 11) is 1.84. The second-order valence-electron chi connectivity index (χ2n) is 7.40. The molecule has 1 N–H and O–H groups in total. The lowest BCUT2D eigenvalue weighted by Crippen LogP contribution is -2.40. The highest BCUT2D eigenvalue weighted by atomic mass is 16.2. The topological polar surface area (TPSA) is 48.5 Å². The maximum absolute atomic E-state index is 12.3. The first-order chi connectivity index (χ1) is 11.6. The lowest BCUT2D eigenvalue weighted by atomic mass is 10.1. The maximum Gasteiger partial charge on any atom is 0.317 e. The highest BCUT2D eigenvalue weighted by Crippen LogP contribution is 2.28. The van der Waals surface area contributed by atoms with Crippen LogP contribution in [-0.2, 0) is 6.54 Å². The van der Waals surface area contributed by atoms with Gasteiger partial charge in [-0.2, -0.15) is 0 Å². The van der Waals surface area contributed by atoms with Gasteiger partial charge in [0.1, 0.15) is 0 Å². The van der Waals surface area contributed by atoms with Crippen LogP contribution in [-0.4, -0.2) is 53.5 Å². The summed E-state index contributed by atoms with van der Waals surface area (Å²) in [6, 6.07) is 4.76. The molecule has 2 aliphatic rings. The standard InChI is InChI=1S/C19H30N4O/c1-15-6-5-10-20-18(15)14-22(2)19(24)21-12-16-9-11-23(13-16)17-7-3-4-8-17/h5-6,10,16-17H,3-4,7-9,11-14H2,1-2H3,(H,21,24). The summed E-state index contributed by atoms with van der Waals surface area (Å²) in [5, 5.41) is 3.11. The lowest BCUT2D eigenvalue weighted by molar-refractivity contribution is 0.202. The Hall–Kier alpha value is -1.62. The summed E-state index contributed by atoms with van der Waals surface area (Å²) >= 11 is 0. The van der Waals surface area contributed by atoms with Crippen molar-refractivity contribution in [1.82, 2.24) is 20.1 Å². The molecular weight excluding hydrogens is 300 g/mol. The molecule has 3 rings (SSSR count). The third kappa shape index (κ3) is 4.26. The molecular formula is C19H30N4O. The zero-order valence-electron chi connectivity index (χ0n) is 15.0. The predicted octanol–water partition coefficient (Wildman–Crippen LogP) is 2.80. The molecule has 2 amide bonds. The van der Waals surface area contributed by atoms with Crippen LogP contribution >= 0.6 is 0 Å². The van der Waals surface area contributed by atoms with E-state index in [9.17, 15) is 4.79 Å². The number of aromatic nitrogens is 1. The molecule has 0 spiro atoms. The average molecular weight is 330 g/mol. The Morgan fingerprint density at radius 3 is 2.92 bits per heavy atom. The number of aryl methyl sites for hydroxylation is 1. The van der Waals surface area contributed by atoms with Gasteiger partial charge in [-0.15, -0.1) is 0 Å². The number of hydrogen-bond acceptors (Lipinski definition) is 3. The largest absolute Gasteiger partial charge is 0.338 e. The SMILES string of the molecule is Cc1cccnc1CN(C)C(=O)NCC1CCN(C2CCCC2)C1. The molecule has 5 nitrogen and oxygen atoms in total. The first kappa shape index (κ1) is 17.2. The Morgan fingerprint density at radius 1 is 1.38 bits per heavy atom. The van der Waals surface area contributed by atoms with Gasteiger partial charge in [0.2, 0.25) is 0 Å². The molecule has 24 heavy (non-hydrogen) atoms. The lowest BCUT2D eigenvalue weighted by Gasteiger charge is -2.24. The van der Waals surface area contributed by atoms with Crippen LogP contribution in [0.5, 0.6) is 0 Å². The molecule has 1 aliphatic carbocycles. The maximum atomic E-state index is 12.3. The zero-order chi connectivity index (χ0) is 16.9. The van der Waals surface area contributed by atoms with Crippen LogP contribution in [0.2, 0.25) is 0 Å². The van der Waals surface area contributed by atoms with E-state index in [1.807, 2.05) is 26.1 Å². The van der Waals surface area contributed by atoms with Crippen LogP contribution < -0.4 is 5.32 Å². The second-order valence-corrected chi connectivity index (χ2v) is 7.40. The van der Waals surface area contributed by atoms with Gasteiger partial charge in [0.25, 0.3) is 0 Å². The summed E-state index contributed by atoms with van der Waals surface area (Å²) in [5.74, 6) is 0.597. The van der Waals surface area contributed by atoms with Crippen LogP contribution in [0.3, 0.4) is 0 Å². The van der Waals surface area contributed by atoms with Gasteiger partial charge < -0.3 is 15.1 Å². The fraction of sp³-hybridized carbons (Fsp3) is 0.684. The summed E-state index contributed by atoms with van der Waals surface area (Å²) in [5.41, 5.74) is 2.09. The number of carbonyl (C=O) groups is 1. The Labute approximate surface area is 145 Å². The van der Waals surface area contributed by atoms with E-state index in [4.69, 9.17) is 0 Å². The van der Waals surface area contributed by atoms with Crippen molar-refractivity contribution in [3.05, 3.63) is 29.6 Å². The van der Waals surface area contributed by atoms with Crippen LogP contribution in [0, 0.1) is 12.8 Å². The number of nitrogens with zero attached hydrogens (tertiary/aromatic N) is 3. The van der Waals surface area contributed by atoms with E-state index in [1.165, 1.54) is 38.6 Å². The smallest absolute Gasteiger partial charge is 0.317 e. The first-order valence-electron chi connectivity index (χ1n) is 9.27. The Balaban J connectivity index is 1.41. The first-order valence-corrected chi connectivity index (χ1v) is 9.27. The van der Waals surface area contributed by atoms with E-state index >= 15 is 0 Å². The second kappa shape index (κ2) is 7.97. The van der Waals surface area contributed by atoms with Crippen molar-refractivity contribution in [3.63, 3.8) is 0 Å². The highest BCUT2D eigenvalue weighted by Gasteiger charge is 2.30. The fourth-order valence-corrected chi connectivity index (χ4v) is 3.98. The normalized spacial score (nSPS) is 22.0. The van der Waals surface area contributed by atoms with Crippen LogP contribution in [0.15, 0.2) is 18.3 Å². The summed E-state index contributed by atoms with van der Waals surface area (Å²) in [6.07, 6.45) is 8.50. The Morgan fingerprint density at radius 2 is 2.17 bits per heavy atom. The van der Waals surface area contributed by atoms with Crippen molar-refractivity contribution < 1.29 is 4.79 Å². The number of likely N-dealkylation sites (tertiary alicyclic amines) is 1. The average Bonchev–Trinajstić information content (AvgIpc) is 3.25. The summed E-state index contributed by atoms with van der Waals surface area (Å²) in [4.78, 5) is 21.1. The van der Waals surface area contributed by atoms with Gasteiger partial charge in [-0.25, -0.2) is 4.79 Å². The van der Waals surface area contributed by atoms with Crippen LogP contribution in [0.4, 0.5) is 4.79 Å². The molecule has 1 saturated carbocycles. The number of rotatable bonds is 5. The van der Waals surface area contributed by atoms with E-state index in [1.54, 1.807) is 11.1 Å². The van der Waals surface area contributed by atoms with Crippen LogP contribution in [0.25, 0.3) is 0 Å². The molecule has 1 atom stereocenters. The molecule has 1 aromatic heterocycles. The fourth-order valence-electron chi connectivity index (χ4n) is 3.98. The molecule has 1 aliphatic heterocycles. The molecule has 132 valence electrons. The van der Waals surface area contributed by atoms with E-state index in [0.29, 0.717) is 12.5 Å². The van der Waals surface area contributed by atoms with E-state index in [2.05, 4.69) is 15.2 Å². The Bertz CT molecular complexity index is 556. The van der Waals surface area contributed by atoms with Crippen molar-refractivity contribution in [3.8, 4) is 0 Å². The quantitative estimate of drug-likeness (QED) is 0.903. The van der Waals surface area contributed by atoms with Crippen LogP contribution in [0.1, 0.15) is 43.4 Å². The molecule has 2 heterocycles. The third-order valence-corrected chi connectivity index (χ3v) is 5.55. The van der Waals surface area contributed by atoms with Gasteiger partial charge in [0, 0.05) is 32.4 Å². The molecule has 0 radical (unpaired) electrons. The zero-order valence-corrected chi connectivity index (χ0v) is 15.0. The number of nitrogens with one attached hydrogen (secondary N) is 1. The predicted molar refractivity (Wildman–Crippen MR) is 95.8 cm³/mol. The number of amides is 2. The number of carbonyl (C=O) groups excluding carboxylic acids is 1. The van der Waals surface area contributed by atoms with Crippen molar-refractivity contribution >= 4 is 6.03 Å². The van der Waals surface area contributed by atoms with Crippen molar-refractivity contribution in [1.29, 1.82) is 0 Å². The van der Waals surface area contributed by atoms with Gasteiger partial charge >= 0.3 is 6.03 Å². The molecule has 2 fully saturated rings. The van der Waals surface area contributed by atoms with E-state index in [0.717, 1.165) is 30.4 Å². The van der Waals surface area contributed by atoms with Gasteiger partial charge in [0.05, 0.1) is 12.2 Å². The number of hydrogen-bond donors (Lipinski definition) is 1. The van der Waals surface area contributed by atoms with Crippen molar-refractivity contribution in [2.75, 3.05) is 26.7 Å². The van der Waals surface area contributed by atoms with Gasteiger partial charge in [-0.1, -0.05) is 18.9 Å². The Kier molecular flexibility index (Phi) is 5.72. The van der Waals surface area contributed by atoms with Gasteiger partial charge in [0.15, 0.2) is 0 Å². The minimum absolute atomic E-state index is 0.000584. The molecule has 1 saturated heterocycles. The van der Waals surface area contributed by atoms with Crippen molar-refractivity contribution in [2.45, 2.75) is 51.6 Å². The molecule has 0 bridgehead atoms. The number of urea groups is 1. The summed E-state index contributed by atoms with van der Waals surface area (Å²) < 4.78 is 0. The van der Waals surface area contributed by atoms with Gasteiger partial charge in [-0.3, -0.25) is 4.98 Å². The monoisotopic (exact) mass is 330 g/mol. The minimum Gasteiger partial charge on any atom is -0.338 e. The molecule has 0 aromatic carbocycles. The van der Waals surface area contributed by atoms with Gasteiger partial charge in [-0.05, 0) is 50.3 Å². The minimum atomic E-state index is -0.000584. The highest BCUT2D eigenvalue weighted by molar-refractivity contribution is 5.73. The third-order valence-electron chi connectivity index (χ3n) is 5.55. The van der Waals surface area contributed by atoms with Crippen molar-refractivity contribution in [2.24, 2.45) is 5.92 Å². The van der Waals surface area contributed by atoms with E-state index in [-0.39, 0.29) is 6.03 Å². The van der Waals surface area contributed by atoms with E-state index < -0.39 is 0 Å². The molecule has 1 aromatic rings.